The van der Waals surface area contributed by atoms with Crippen molar-refractivity contribution < 1.29 is 0 Å². The summed E-state index contributed by atoms with van der Waals surface area (Å²) in [5.41, 5.74) is 3.66. The molecule has 0 aliphatic carbocycles. The van der Waals surface area contributed by atoms with Gasteiger partial charge in [0.15, 0.2) is 0 Å². The molecule has 1 fully saturated rings. The summed E-state index contributed by atoms with van der Waals surface area (Å²) in [6.07, 6.45) is 1.17. The Morgan fingerprint density at radius 3 is 2.69 bits per heavy atom. The lowest BCUT2D eigenvalue weighted by Crippen LogP contribution is -2.49. The zero-order valence-corrected chi connectivity index (χ0v) is 14.4. The molecular formula is C22H19N3O. The minimum absolute atomic E-state index is 0.140. The van der Waals surface area contributed by atoms with Crippen molar-refractivity contribution in [2.75, 3.05) is 13.1 Å². The van der Waals surface area contributed by atoms with Crippen LogP contribution in [0, 0.1) is 5.92 Å². The number of fused-ring (bicyclic) bond motifs is 4. The quantitative estimate of drug-likeness (QED) is 0.627. The standard InChI is InChI=1S/C22H19N3O/c26-20-9-3-8-19-16-10-14(12-25(19)20)11-24(13-16)22-17-6-1-4-15-5-2-7-18(23-22)21(15)17/h1-9,14,16H,10-13H2/t14-,16+/m0/s1. The smallest absolute Gasteiger partial charge is 0.250 e. The molecule has 0 radical (unpaired) electrons. The highest BCUT2D eigenvalue weighted by Gasteiger charge is 2.37. The van der Waals surface area contributed by atoms with Crippen LogP contribution in [0.4, 0.5) is 5.69 Å². The van der Waals surface area contributed by atoms with Crippen LogP contribution in [0.15, 0.2) is 64.4 Å². The van der Waals surface area contributed by atoms with E-state index >= 15 is 0 Å². The molecule has 4 heterocycles. The van der Waals surface area contributed by atoms with Crippen molar-refractivity contribution in [1.29, 1.82) is 0 Å². The first-order valence-corrected chi connectivity index (χ1v) is 9.33. The van der Waals surface area contributed by atoms with Gasteiger partial charge in [0.25, 0.3) is 5.56 Å². The third kappa shape index (κ3) is 1.90. The fraction of sp³-hybridized carbons (Fsp3) is 0.273. The zero-order chi connectivity index (χ0) is 17.3. The lowest BCUT2D eigenvalue weighted by atomic mass is 9.83. The van der Waals surface area contributed by atoms with Gasteiger partial charge in [-0.3, -0.25) is 4.79 Å². The van der Waals surface area contributed by atoms with Gasteiger partial charge in [-0.05, 0) is 29.9 Å². The van der Waals surface area contributed by atoms with Crippen LogP contribution in [0.5, 0.6) is 0 Å². The molecule has 0 amide bonds. The normalized spacial score (nSPS) is 23.1. The highest BCUT2D eigenvalue weighted by molar-refractivity contribution is 6.18. The predicted octanol–water partition coefficient (Wildman–Crippen LogP) is 3.51. The van der Waals surface area contributed by atoms with E-state index in [9.17, 15) is 4.79 Å². The first-order valence-electron chi connectivity index (χ1n) is 9.33. The van der Waals surface area contributed by atoms with Gasteiger partial charge in [0, 0.05) is 48.3 Å². The molecule has 2 aromatic carbocycles. The fourth-order valence-electron chi connectivity index (χ4n) is 5.09. The maximum atomic E-state index is 12.2. The Balaban J connectivity index is 1.43. The molecule has 0 unspecified atom stereocenters. The number of nitrogens with zero attached hydrogens (tertiary/aromatic N) is 3. The lowest BCUT2D eigenvalue weighted by Gasteiger charge is -2.43. The van der Waals surface area contributed by atoms with Crippen molar-refractivity contribution in [3.05, 3.63) is 76.2 Å². The molecule has 6 rings (SSSR count). The number of aliphatic imine (C=N–C) groups is 1. The molecule has 0 saturated carbocycles. The number of hydrogen-bond donors (Lipinski definition) is 0. The summed E-state index contributed by atoms with van der Waals surface area (Å²) in [5.74, 6) is 2.02. The summed E-state index contributed by atoms with van der Waals surface area (Å²) in [4.78, 5) is 19.7. The Kier molecular flexibility index (Phi) is 2.79. The Morgan fingerprint density at radius 1 is 0.923 bits per heavy atom. The van der Waals surface area contributed by atoms with Crippen molar-refractivity contribution in [1.82, 2.24) is 9.47 Å². The number of amidine groups is 1. The highest BCUT2D eigenvalue weighted by atomic mass is 16.1. The van der Waals surface area contributed by atoms with Crippen LogP contribution < -0.4 is 5.56 Å². The van der Waals surface area contributed by atoms with E-state index < -0.39 is 0 Å². The van der Waals surface area contributed by atoms with Gasteiger partial charge < -0.3 is 9.47 Å². The second-order valence-electron chi connectivity index (χ2n) is 7.72. The van der Waals surface area contributed by atoms with E-state index in [4.69, 9.17) is 4.99 Å². The van der Waals surface area contributed by atoms with Gasteiger partial charge in [0.05, 0.1) is 5.69 Å². The van der Waals surface area contributed by atoms with Crippen molar-refractivity contribution in [2.45, 2.75) is 18.9 Å². The van der Waals surface area contributed by atoms with E-state index in [1.54, 1.807) is 6.07 Å². The van der Waals surface area contributed by atoms with Crippen molar-refractivity contribution in [3.8, 4) is 0 Å². The molecule has 0 N–H and O–H groups in total. The molecule has 3 aliphatic rings. The second-order valence-corrected chi connectivity index (χ2v) is 7.72. The summed E-state index contributed by atoms with van der Waals surface area (Å²) in [6.45, 7) is 2.73. The van der Waals surface area contributed by atoms with E-state index in [1.165, 1.54) is 28.5 Å². The minimum atomic E-state index is 0.140. The lowest BCUT2D eigenvalue weighted by molar-refractivity contribution is 0.179. The molecule has 4 heteroatoms. The number of benzene rings is 2. The zero-order valence-electron chi connectivity index (χ0n) is 14.4. The Labute approximate surface area is 151 Å². The van der Waals surface area contributed by atoms with Gasteiger partial charge in [-0.15, -0.1) is 0 Å². The van der Waals surface area contributed by atoms with Crippen LogP contribution in [0.3, 0.4) is 0 Å². The van der Waals surface area contributed by atoms with Gasteiger partial charge in [-0.25, -0.2) is 4.99 Å². The molecule has 0 spiro atoms. The monoisotopic (exact) mass is 341 g/mol. The molecule has 1 saturated heterocycles. The maximum absolute atomic E-state index is 12.2. The topological polar surface area (TPSA) is 37.6 Å². The predicted molar refractivity (Wildman–Crippen MR) is 103 cm³/mol. The van der Waals surface area contributed by atoms with Gasteiger partial charge >= 0.3 is 0 Å². The molecular weight excluding hydrogens is 322 g/mol. The highest BCUT2D eigenvalue weighted by Crippen LogP contribution is 2.40. The van der Waals surface area contributed by atoms with Gasteiger partial charge in [0.1, 0.15) is 5.84 Å². The van der Waals surface area contributed by atoms with E-state index in [0.717, 1.165) is 31.2 Å². The molecule has 3 aliphatic heterocycles. The molecule has 3 aromatic rings. The van der Waals surface area contributed by atoms with Crippen LogP contribution in [-0.4, -0.2) is 28.4 Å². The number of pyridine rings is 1. The number of aromatic nitrogens is 1. The molecule has 1 aromatic heterocycles. The number of piperidine rings is 1. The molecule has 2 atom stereocenters. The molecule has 128 valence electrons. The van der Waals surface area contributed by atoms with Crippen LogP contribution in [-0.2, 0) is 6.54 Å². The molecule has 26 heavy (non-hydrogen) atoms. The van der Waals surface area contributed by atoms with E-state index in [0.29, 0.717) is 11.8 Å². The molecule has 2 bridgehead atoms. The minimum Gasteiger partial charge on any atom is -0.355 e. The average Bonchev–Trinajstić information content (AvgIpc) is 3.04. The number of hydrogen-bond acceptors (Lipinski definition) is 3. The van der Waals surface area contributed by atoms with Crippen LogP contribution in [0.2, 0.25) is 0 Å². The van der Waals surface area contributed by atoms with E-state index in [2.05, 4.69) is 47.4 Å². The summed E-state index contributed by atoms with van der Waals surface area (Å²) in [6, 6.07) is 18.5. The van der Waals surface area contributed by atoms with Crippen molar-refractivity contribution in [3.63, 3.8) is 0 Å². The summed E-state index contributed by atoms with van der Waals surface area (Å²) < 4.78 is 1.99. The average molecular weight is 341 g/mol. The third-order valence-electron chi connectivity index (χ3n) is 6.13. The van der Waals surface area contributed by atoms with Gasteiger partial charge in [-0.1, -0.05) is 36.4 Å². The van der Waals surface area contributed by atoms with Crippen LogP contribution >= 0.6 is 0 Å². The van der Waals surface area contributed by atoms with Crippen molar-refractivity contribution in [2.24, 2.45) is 10.9 Å². The fourth-order valence-corrected chi connectivity index (χ4v) is 5.09. The largest absolute Gasteiger partial charge is 0.355 e. The Bertz CT molecular complexity index is 1140. The van der Waals surface area contributed by atoms with E-state index in [1.807, 2.05) is 10.6 Å². The first kappa shape index (κ1) is 14.3. The Morgan fingerprint density at radius 2 is 1.77 bits per heavy atom. The van der Waals surface area contributed by atoms with Gasteiger partial charge in [0.2, 0.25) is 0 Å². The first-order chi connectivity index (χ1) is 12.8. The summed E-state index contributed by atoms with van der Waals surface area (Å²) >= 11 is 0. The summed E-state index contributed by atoms with van der Waals surface area (Å²) in [5, 5.41) is 2.53. The maximum Gasteiger partial charge on any atom is 0.250 e. The van der Waals surface area contributed by atoms with Crippen LogP contribution in [0.1, 0.15) is 23.6 Å². The van der Waals surface area contributed by atoms with Crippen LogP contribution in [0.25, 0.3) is 10.8 Å². The van der Waals surface area contributed by atoms with Crippen molar-refractivity contribution >= 4 is 22.3 Å². The number of likely N-dealkylation sites (tertiary alicyclic amines) is 1. The summed E-state index contributed by atoms with van der Waals surface area (Å²) in [7, 11) is 0. The SMILES string of the molecule is O=c1cccc2n1C[C@H]1C[C@@H]2CN(C2=Nc3cccc4cccc2c34)C1. The van der Waals surface area contributed by atoms with E-state index in [-0.39, 0.29) is 5.56 Å². The molecule has 4 nitrogen and oxygen atoms in total. The van der Waals surface area contributed by atoms with Gasteiger partial charge in [-0.2, -0.15) is 0 Å². The Hall–Kier alpha value is -2.88. The second kappa shape index (κ2) is 5.07. The third-order valence-corrected chi connectivity index (χ3v) is 6.13. The number of rotatable bonds is 0.